The van der Waals surface area contributed by atoms with Crippen molar-refractivity contribution in [1.82, 2.24) is 5.32 Å². The Kier molecular flexibility index (Phi) is 5.09. The molecule has 0 aromatic heterocycles. The summed E-state index contributed by atoms with van der Waals surface area (Å²) in [5.74, 6) is 0.147. The Hall–Kier alpha value is -0.410. The highest BCUT2D eigenvalue weighted by atomic mass is 16.5. The maximum atomic E-state index is 11.0. The Balaban J connectivity index is 3.37. The van der Waals surface area contributed by atoms with E-state index in [1.54, 1.807) is 0 Å². The van der Waals surface area contributed by atoms with Crippen molar-refractivity contribution >= 4 is 5.78 Å². The molecule has 3 nitrogen and oxygen atoms in total. The molecule has 0 amide bonds. The lowest BCUT2D eigenvalue weighted by atomic mass is 10.1. The molecular formula is C9H19NO2. The lowest BCUT2D eigenvalue weighted by Crippen LogP contribution is -2.37. The van der Waals surface area contributed by atoms with E-state index in [1.807, 2.05) is 0 Å². The van der Waals surface area contributed by atoms with Crippen LogP contribution in [0.25, 0.3) is 0 Å². The van der Waals surface area contributed by atoms with Gasteiger partial charge in [-0.15, -0.1) is 0 Å². The van der Waals surface area contributed by atoms with Gasteiger partial charge in [0.1, 0.15) is 6.61 Å². The monoisotopic (exact) mass is 173 g/mol. The van der Waals surface area contributed by atoms with Crippen LogP contribution in [0.4, 0.5) is 0 Å². The largest absolute Gasteiger partial charge is 0.377 e. The van der Waals surface area contributed by atoms with Crippen molar-refractivity contribution in [3.63, 3.8) is 0 Å². The number of carbonyl (C=O) groups excluding carboxylic acids is 1. The first kappa shape index (κ1) is 11.6. The second-order valence-electron chi connectivity index (χ2n) is 3.90. The number of hydrogen-bond donors (Lipinski definition) is 1. The molecular weight excluding hydrogens is 154 g/mol. The quantitative estimate of drug-likeness (QED) is 0.673. The fourth-order valence-corrected chi connectivity index (χ4v) is 0.810. The standard InChI is InChI=1S/C9H19NO2/c1-9(2,3)10-6-5-8(11)7-12-4/h10H,5-7H2,1-4H3. The number of carbonyl (C=O) groups is 1. The minimum absolute atomic E-state index is 0.0906. The van der Waals surface area contributed by atoms with Crippen molar-refractivity contribution in [1.29, 1.82) is 0 Å². The van der Waals surface area contributed by atoms with E-state index in [-0.39, 0.29) is 17.9 Å². The number of nitrogens with one attached hydrogen (secondary N) is 1. The minimum atomic E-state index is 0.0906. The van der Waals surface area contributed by atoms with E-state index in [2.05, 4.69) is 26.1 Å². The van der Waals surface area contributed by atoms with Gasteiger partial charge in [-0.1, -0.05) is 0 Å². The zero-order valence-electron chi connectivity index (χ0n) is 8.44. The first-order chi connectivity index (χ1) is 5.45. The van der Waals surface area contributed by atoms with Crippen LogP contribution in [0, 0.1) is 0 Å². The summed E-state index contributed by atoms with van der Waals surface area (Å²) in [6, 6.07) is 0. The van der Waals surface area contributed by atoms with E-state index in [4.69, 9.17) is 4.74 Å². The van der Waals surface area contributed by atoms with Gasteiger partial charge in [-0.2, -0.15) is 0 Å². The van der Waals surface area contributed by atoms with Crippen LogP contribution in [-0.4, -0.2) is 31.6 Å². The van der Waals surface area contributed by atoms with E-state index in [0.29, 0.717) is 6.42 Å². The van der Waals surface area contributed by atoms with Gasteiger partial charge in [-0.25, -0.2) is 0 Å². The summed E-state index contributed by atoms with van der Waals surface area (Å²) in [6.07, 6.45) is 0.547. The number of Topliss-reactive ketones (excluding diaryl/α,β-unsaturated/α-hetero) is 1. The third-order valence-corrected chi connectivity index (χ3v) is 1.36. The Morgan fingerprint density at radius 1 is 1.42 bits per heavy atom. The molecule has 0 aromatic rings. The van der Waals surface area contributed by atoms with E-state index >= 15 is 0 Å². The molecule has 0 rings (SSSR count). The molecule has 0 saturated heterocycles. The molecule has 0 saturated carbocycles. The highest BCUT2D eigenvalue weighted by Crippen LogP contribution is 1.97. The lowest BCUT2D eigenvalue weighted by molar-refractivity contribution is -0.122. The molecule has 0 bridgehead atoms. The fraction of sp³-hybridized carbons (Fsp3) is 0.889. The van der Waals surface area contributed by atoms with Gasteiger partial charge < -0.3 is 10.1 Å². The molecule has 72 valence electrons. The fourth-order valence-electron chi connectivity index (χ4n) is 0.810. The van der Waals surface area contributed by atoms with Crippen LogP contribution in [0.15, 0.2) is 0 Å². The third-order valence-electron chi connectivity index (χ3n) is 1.36. The van der Waals surface area contributed by atoms with E-state index in [0.717, 1.165) is 6.54 Å². The van der Waals surface area contributed by atoms with Gasteiger partial charge in [-0.05, 0) is 20.8 Å². The highest BCUT2D eigenvalue weighted by molar-refractivity contribution is 5.79. The molecule has 0 aliphatic heterocycles. The zero-order valence-corrected chi connectivity index (χ0v) is 8.44. The average molecular weight is 173 g/mol. The van der Waals surface area contributed by atoms with Gasteiger partial charge in [-0.3, -0.25) is 4.79 Å². The predicted molar refractivity (Wildman–Crippen MR) is 49.3 cm³/mol. The molecule has 0 aliphatic carbocycles. The van der Waals surface area contributed by atoms with Crippen molar-refractivity contribution in [2.45, 2.75) is 32.7 Å². The summed E-state index contributed by atoms with van der Waals surface area (Å²) < 4.78 is 4.71. The Morgan fingerprint density at radius 3 is 2.42 bits per heavy atom. The average Bonchev–Trinajstić information content (AvgIpc) is 1.84. The Labute approximate surface area is 74.5 Å². The maximum Gasteiger partial charge on any atom is 0.159 e. The summed E-state index contributed by atoms with van der Waals surface area (Å²) >= 11 is 0. The van der Waals surface area contributed by atoms with Crippen molar-refractivity contribution < 1.29 is 9.53 Å². The third kappa shape index (κ3) is 7.69. The first-order valence-corrected chi connectivity index (χ1v) is 4.21. The van der Waals surface area contributed by atoms with Gasteiger partial charge in [0, 0.05) is 25.6 Å². The van der Waals surface area contributed by atoms with Crippen LogP contribution in [0.1, 0.15) is 27.2 Å². The molecule has 3 heteroatoms. The van der Waals surface area contributed by atoms with Crippen LogP contribution in [0.3, 0.4) is 0 Å². The SMILES string of the molecule is COCC(=O)CCNC(C)(C)C. The topological polar surface area (TPSA) is 38.3 Å². The first-order valence-electron chi connectivity index (χ1n) is 4.21. The minimum Gasteiger partial charge on any atom is -0.377 e. The summed E-state index contributed by atoms with van der Waals surface area (Å²) in [6.45, 7) is 7.19. The second kappa shape index (κ2) is 5.27. The number of methoxy groups -OCH3 is 1. The van der Waals surface area contributed by atoms with Gasteiger partial charge in [0.05, 0.1) is 0 Å². The summed E-state index contributed by atoms with van der Waals surface area (Å²) in [5, 5.41) is 3.23. The van der Waals surface area contributed by atoms with Crippen LogP contribution in [0.2, 0.25) is 0 Å². The van der Waals surface area contributed by atoms with Crippen molar-refractivity contribution in [2.24, 2.45) is 0 Å². The molecule has 0 unspecified atom stereocenters. The van der Waals surface area contributed by atoms with Crippen molar-refractivity contribution in [2.75, 3.05) is 20.3 Å². The molecule has 0 atom stereocenters. The van der Waals surface area contributed by atoms with Crippen molar-refractivity contribution in [3.05, 3.63) is 0 Å². The predicted octanol–water partition coefficient (Wildman–Crippen LogP) is 0.980. The number of ether oxygens (including phenoxy) is 1. The summed E-state index contributed by atoms with van der Waals surface area (Å²) in [5.41, 5.74) is 0.0906. The zero-order chi connectivity index (χ0) is 9.61. The summed E-state index contributed by atoms with van der Waals surface area (Å²) in [7, 11) is 1.54. The smallest absolute Gasteiger partial charge is 0.159 e. The molecule has 1 N–H and O–H groups in total. The number of ketones is 1. The number of hydrogen-bond acceptors (Lipinski definition) is 3. The molecule has 0 radical (unpaired) electrons. The highest BCUT2D eigenvalue weighted by Gasteiger charge is 2.08. The van der Waals surface area contributed by atoms with Crippen LogP contribution >= 0.6 is 0 Å². The van der Waals surface area contributed by atoms with Crippen molar-refractivity contribution in [3.8, 4) is 0 Å². The van der Waals surface area contributed by atoms with E-state index in [1.165, 1.54) is 7.11 Å². The Morgan fingerprint density at radius 2 is 2.00 bits per heavy atom. The van der Waals surface area contributed by atoms with Gasteiger partial charge in [0.15, 0.2) is 5.78 Å². The van der Waals surface area contributed by atoms with Gasteiger partial charge in [0.25, 0.3) is 0 Å². The van der Waals surface area contributed by atoms with Crippen LogP contribution in [-0.2, 0) is 9.53 Å². The molecule has 0 fully saturated rings. The summed E-state index contributed by atoms with van der Waals surface area (Å²) in [4.78, 5) is 11.0. The van der Waals surface area contributed by atoms with Gasteiger partial charge >= 0.3 is 0 Å². The molecule has 12 heavy (non-hydrogen) atoms. The molecule has 0 aromatic carbocycles. The normalized spacial score (nSPS) is 11.7. The van der Waals surface area contributed by atoms with E-state index < -0.39 is 0 Å². The van der Waals surface area contributed by atoms with Crippen LogP contribution < -0.4 is 5.32 Å². The van der Waals surface area contributed by atoms with E-state index in [9.17, 15) is 4.79 Å². The molecule has 0 heterocycles. The second-order valence-corrected chi connectivity index (χ2v) is 3.90. The maximum absolute atomic E-state index is 11.0. The lowest BCUT2D eigenvalue weighted by Gasteiger charge is -2.19. The molecule has 0 spiro atoms. The van der Waals surface area contributed by atoms with Gasteiger partial charge in [0.2, 0.25) is 0 Å². The Bertz CT molecular complexity index is 138. The van der Waals surface area contributed by atoms with Crippen LogP contribution in [0.5, 0.6) is 0 Å². The molecule has 0 aliphatic rings. The number of rotatable bonds is 5.